The molecule has 0 aliphatic rings. The lowest BCUT2D eigenvalue weighted by atomic mass is 10.1. The van der Waals surface area contributed by atoms with Crippen LogP contribution < -0.4 is 11.1 Å². The minimum absolute atomic E-state index is 0.263. The molecule has 1 aromatic carbocycles. The van der Waals surface area contributed by atoms with Gasteiger partial charge in [-0.05, 0) is 37.6 Å². The van der Waals surface area contributed by atoms with Gasteiger partial charge in [0.2, 0.25) is 5.91 Å². The number of carbonyl (C=O) groups excluding carboxylic acids is 1. The molecular formula is C15H17FN2O2. The number of amides is 1. The molecule has 1 atom stereocenters. The van der Waals surface area contributed by atoms with Crippen LogP contribution in [0.4, 0.5) is 4.39 Å². The number of hydrogen-bond donors (Lipinski definition) is 2. The lowest BCUT2D eigenvalue weighted by molar-refractivity contribution is -0.119. The van der Waals surface area contributed by atoms with Crippen molar-refractivity contribution in [2.24, 2.45) is 5.73 Å². The summed E-state index contributed by atoms with van der Waals surface area (Å²) in [5.74, 6) is 0.584. The number of nitrogens with two attached hydrogens (primary N) is 1. The topological polar surface area (TPSA) is 68.3 Å². The van der Waals surface area contributed by atoms with E-state index in [1.54, 1.807) is 38.1 Å². The Hall–Kier alpha value is -2.14. The fourth-order valence-corrected chi connectivity index (χ4v) is 1.85. The van der Waals surface area contributed by atoms with Crippen LogP contribution in [0, 0.1) is 12.7 Å². The molecule has 2 rings (SSSR count). The summed E-state index contributed by atoms with van der Waals surface area (Å²) in [6.07, 6.45) is 0. The first-order valence-corrected chi connectivity index (χ1v) is 6.36. The van der Waals surface area contributed by atoms with E-state index in [1.165, 1.54) is 6.07 Å². The first-order chi connectivity index (χ1) is 9.49. The van der Waals surface area contributed by atoms with Crippen LogP contribution in [0.25, 0.3) is 11.3 Å². The van der Waals surface area contributed by atoms with Crippen molar-refractivity contribution in [3.63, 3.8) is 0 Å². The van der Waals surface area contributed by atoms with Crippen molar-refractivity contribution in [3.05, 3.63) is 47.5 Å². The molecule has 0 saturated carbocycles. The molecule has 0 bridgehead atoms. The molecule has 1 aromatic heterocycles. The second-order valence-corrected chi connectivity index (χ2v) is 4.68. The number of benzene rings is 1. The second kappa shape index (κ2) is 5.88. The fourth-order valence-electron chi connectivity index (χ4n) is 1.85. The molecule has 1 heterocycles. The van der Waals surface area contributed by atoms with E-state index in [1.807, 2.05) is 0 Å². The summed E-state index contributed by atoms with van der Waals surface area (Å²) >= 11 is 0. The Bertz CT molecular complexity index is 622. The predicted octanol–water partition coefficient (Wildman–Crippen LogP) is 2.36. The SMILES string of the molecule is Cc1c(F)cccc1-c1ccc(CNC(C)C(N)=O)o1. The summed E-state index contributed by atoms with van der Waals surface area (Å²) in [5.41, 5.74) is 6.43. The Kier molecular flexibility index (Phi) is 4.20. The Morgan fingerprint density at radius 2 is 2.15 bits per heavy atom. The molecule has 0 radical (unpaired) electrons. The van der Waals surface area contributed by atoms with Crippen LogP contribution in [0.1, 0.15) is 18.2 Å². The molecule has 5 heteroatoms. The first-order valence-electron chi connectivity index (χ1n) is 6.36. The van der Waals surface area contributed by atoms with Crippen LogP contribution in [0.2, 0.25) is 0 Å². The maximum atomic E-state index is 13.5. The minimum atomic E-state index is -0.431. The van der Waals surface area contributed by atoms with E-state index < -0.39 is 11.9 Å². The van der Waals surface area contributed by atoms with Gasteiger partial charge >= 0.3 is 0 Å². The van der Waals surface area contributed by atoms with Crippen LogP contribution in [0.3, 0.4) is 0 Å². The largest absolute Gasteiger partial charge is 0.460 e. The van der Waals surface area contributed by atoms with Crippen LogP contribution >= 0.6 is 0 Å². The number of rotatable bonds is 5. The standard InChI is InChI=1S/C15H17FN2O2/c1-9-12(4-3-5-13(9)16)14-7-6-11(20-14)8-18-10(2)15(17)19/h3-7,10,18H,8H2,1-2H3,(H2,17,19). The molecule has 2 aromatic rings. The first kappa shape index (κ1) is 14.3. The van der Waals surface area contributed by atoms with Crippen molar-refractivity contribution >= 4 is 5.91 Å². The van der Waals surface area contributed by atoms with E-state index in [0.29, 0.717) is 23.6 Å². The van der Waals surface area contributed by atoms with Gasteiger partial charge < -0.3 is 10.2 Å². The summed E-state index contributed by atoms with van der Waals surface area (Å²) < 4.78 is 19.2. The van der Waals surface area contributed by atoms with Crippen molar-refractivity contribution in [2.45, 2.75) is 26.4 Å². The molecule has 1 unspecified atom stereocenters. The van der Waals surface area contributed by atoms with Crippen molar-refractivity contribution in [3.8, 4) is 11.3 Å². The molecule has 0 aliphatic heterocycles. The van der Waals surface area contributed by atoms with Gasteiger partial charge in [0.05, 0.1) is 12.6 Å². The van der Waals surface area contributed by atoms with Gasteiger partial charge in [-0.25, -0.2) is 4.39 Å². The van der Waals surface area contributed by atoms with Crippen molar-refractivity contribution in [1.29, 1.82) is 0 Å². The summed E-state index contributed by atoms with van der Waals surface area (Å²) in [4.78, 5) is 10.9. The summed E-state index contributed by atoms with van der Waals surface area (Å²) in [6.45, 7) is 3.78. The van der Waals surface area contributed by atoms with Crippen LogP contribution in [0.5, 0.6) is 0 Å². The average molecular weight is 276 g/mol. The van der Waals surface area contributed by atoms with Crippen molar-refractivity contribution in [2.75, 3.05) is 0 Å². The molecule has 0 fully saturated rings. The van der Waals surface area contributed by atoms with E-state index in [0.717, 1.165) is 5.56 Å². The lowest BCUT2D eigenvalue weighted by Crippen LogP contribution is -2.38. The van der Waals surface area contributed by atoms with Crippen LogP contribution in [-0.2, 0) is 11.3 Å². The van der Waals surface area contributed by atoms with Gasteiger partial charge in [0, 0.05) is 5.56 Å². The normalized spacial score (nSPS) is 12.3. The Morgan fingerprint density at radius 1 is 1.40 bits per heavy atom. The summed E-state index contributed by atoms with van der Waals surface area (Å²) in [7, 11) is 0. The van der Waals surface area contributed by atoms with E-state index >= 15 is 0 Å². The molecule has 0 aliphatic carbocycles. The van der Waals surface area contributed by atoms with Gasteiger partial charge in [0.25, 0.3) is 0 Å². The smallest absolute Gasteiger partial charge is 0.234 e. The zero-order chi connectivity index (χ0) is 14.7. The van der Waals surface area contributed by atoms with Gasteiger partial charge in [-0.15, -0.1) is 0 Å². The number of nitrogens with one attached hydrogen (secondary N) is 1. The van der Waals surface area contributed by atoms with E-state index in [-0.39, 0.29) is 5.82 Å². The highest BCUT2D eigenvalue weighted by Crippen LogP contribution is 2.26. The zero-order valence-corrected chi connectivity index (χ0v) is 11.4. The van der Waals surface area contributed by atoms with Crippen LogP contribution in [0.15, 0.2) is 34.7 Å². The molecule has 106 valence electrons. The third-order valence-electron chi connectivity index (χ3n) is 3.20. The second-order valence-electron chi connectivity index (χ2n) is 4.68. The monoisotopic (exact) mass is 276 g/mol. The lowest BCUT2D eigenvalue weighted by Gasteiger charge is -2.08. The highest BCUT2D eigenvalue weighted by atomic mass is 19.1. The Balaban J connectivity index is 2.13. The number of carbonyl (C=O) groups is 1. The van der Waals surface area contributed by atoms with Gasteiger partial charge in [-0.2, -0.15) is 0 Å². The van der Waals surface area contributed by atoms with E-state index in [4.69, 9.17) is 10.2 Å². The third-order valence-corrected chi connectivity index (χ3v) is 3.20. The average Bonchev–Trinajstić information content (AvgIpc) is 2.87. The minimum Gasteiger partial charge on any atom is -0.460 e. The quantitative estimate of drug-likeness (QED) is 0.880. The molecule has 4 nitrogen and oxygen atoms in total. The van der Waals surface area contributed by atoms with Gasteiger partial charge in [0.15, 0.2) is 0 Å². The third kappa shape index (κ3) is 3.05. The number of furan rings is 1. The molecule has 20 heavy (non-hydrogen) atoms. The van der Waals surface area contributed by atoms with E-state index in [9.17, 15) is 9.18 Å². The Labute approximate surface area is 116 Å². The molecule has 0 saturated heterocycles. The predicted molar refractivity (Wildman–Crippen MR) is 74.3 cm³/mol. The zero-order valence-electron chi connectivity index (χ0n) is 11.4. The van der Waals surface area contributed by atoms with Crippen LogP contribution in [-0.4, -0.2) is 11.9 Å². The number of hydrogen-bond acceptors (Lipinski definition) is 3. The fraction of sp³-hybridized carbons (Fsp3) is 0.267. The van der Waals surface area contributed by atoms with Gasteiger partial charge in [-0.1, -0.05) is 12.1 Å². The molecule has 3 N–H and O–H groups in total. The maximum absolute atomic E-state index is 13.5. The summed E-state index contributed by atoms with van der Waals surface area (Å²) in [6, 6.07) is 8.01. The van der Waals surface area contributed by atoms with Gasteiger partial charge in [0.1, 0.15) is 17.3 Å². The van der Waals surface area contributed by atoms with Crippen molar-refractivity contribution in [1.82, 2.24) is 5.32 Å². The molecule has 1 amide bonds. The van der Waals surface area contributed by atoms with Crippen molar-refractivity contribution < 1.29 is 13.6 Å². The Morgan fingerprint density at radius 3 is 2.85 bits per heavy atom. The highest BCUT2D eigenvalue weighted by molar-refractivity contribution is 5.79. The maximum Gasteiger partial charge on any atom is 0.234 e. The molecule has 0 spiro atoms. The van der Waals surface area contributed by atoms with Gasteiger partial charge in [-0.3, -0.25) is 10.1 Å². The number of halogens is 1. The summed E-state index contributed by atoms with van der Waals surface area (Å²) in [5, 5.41) is 2.95. The van der Waals surface area contributed by atoms with E-state index in [2.05, 4.69) is 5.32 Å². The molecular weight excluding hydrogens is 259 g/mol. The number of primary amides is 1. The highest BCUT2D eigenvalue weighted by Gasteiger charge is 2.12.